The van der Waals surface area contributed by atoms with Crippen molar-refractivity contribution in [1.82, 2.24) is 0 Å². The summed E-state index contributed by atoms with van der Waals surface area (Å²) in [6.07, 6.45) is 2.43. The molecule has 20 heavy (non-hydrogen) atoms. The molecule has 1 aromatic rings. The number of fused-ring (bicyclic) bond motifs is 1. The summed E-state index contributed by atoms with van der Waals surface area (Å²) < 4.78 is 22.6. The van der Waals surface area contributed by atoms with Crippen LogP contribution in [0.2, 0.25) is 0 Å². The van der Waals surface area contributed by atoms with Gasteiger partial charge in [0.25, 0.3) is 0 Å². The number of benzene rings is 1. The van der Waals surface area contributed by atoms with Crippen molar-refractivity contribution in [2.24, 2.45) is 5.14 Å². The minimum absolute atomic E-state index is 0.143. The van der Waals surface area contributed by atoms with Crippen LogP contribution in [0.4, 0.5) is 5.69 Å². The van der Waals surface area contributed by atoms with Crippen molar-refractivity contribution in [2.75, 3.05) is 18.0 Å². The summed E-state index contributed by atoms with van der Waals surface area (Å²) in [5, 5.41) is 13.7. The first-order chi connectivity index (χ1) is 9.38. The average Bonchev–Trinajstić information content (AvgIpc) is 2.76. The molecule has 0 fully saturated rings. The van der Waals surface area contributed by atoms with Crippen LogP contribution in [0, 0.1) is 0 Å². The van der Waals surface area contributed by atoms with Gasteiger partial charge in [0.15, 0.2) is 0 Å². The smallest absolute Gasteiger partial charge is 0.303 e. The molecule has 0 aliphatic carbocycles. The summed E-state index contributed by atoms with van der Waals surface area (Å²) in [5.74, 6) is -0.774. The average molecular weight is 298 g/mol. The maximum atomic E-state index is 11.3. The standard InChI is InChI=1S/C13H18N2O4S/c14-20(18,19)11-4-5-12-10(9-11)6-8-15(12)7-2-1-3-13(16)17/h4-5,9H,1-3,6-8H2,(H,16,17)(H2,14,18,19). The number of hydrogen-bond acceptors (Lipinski definition) is 4. The second-order valence-corrected chi connectivity index (χ2v) is 6.48. The van der Waals surface area contributed by atoms with Crippen LogP contribution in [0.1, 0.15) is 24.8 Å². The first-order valence-corrected chi connectivity index (χ1v) is 8.05. The van der Waals surface area contributed by atoms with Gasteiger partial charge in [0, 0.05) is 25.2 Å². The topological polar surface area (TPSA) is 101 Å². The van der Waals surface area contributed by atoms with Crippen LogP contribution in [0.5, 0.6) is 0 Å². The van der Waals surface area contributed by atoms with Crippen molar-refractivity contribution < 1.29 is 18.3 Å². The molecule has 6 nitrogen and oxygen atoms in total. The number of aliphatic carboxylic acids is 1. The van der Waals surface area contributed by atoms with Gasteiger partial charge in [-0.15, -0.1) is 0 Å². The number of rotatable bonds is 6. The van der Waals surface area contributed by atoms with Crippen molar-refractivity contribution in [3.8, 4) is 0 Å². The quantitative estimate of drug-likeness (QED) is 0.762. The molecule has 0 atom stereocenters. The molecule has 3 N–H and O–H groups in total. The van der Waals surface area contributed by atoms with Crippen molar-refractivity contribution in [1.29, 1.82) is 0 Å². The summed E-state index contributed by atoms with van der Waals surface area (Å²) in [6.45, 7) is 1.62. The van der Waals surface area contributed by atoms with Gasteiger partial charge in [-0.25, -0.2) is 13.6 Å². The van der Waals surface area contributed by atoms with E-state index in [1.807, 2.05) is 0 Å². The minimum Gasteiger partial charge on any atom is -0.481 e. The maximum absolute atomic E-state index is 11.3. The molecule has 1 aromatic carbocycles. The van der Waals surface area contributed by atoms with Gasteiger partial charge in [-0.3, -0.25) is 4.79 Å². The molecular weight excluding hydrogens is 280 g/mol. The Balaban J connectivity index is 2.01. The molecule has 0 amide bonds. The van der Waals surface area contributed by atoms with Crippen LogP contribution < -0.4 is 10.0 Å². The van der Waals surface area contributed by atoms with E-state index in [1.165, 1.54) is 6.07 Å². The molecule has 0 aromatic heterocycles. The fourth-order valence-electron chi connectivity index (χ4n) is 2.43. The van der Waals surface area contributed by atoms with E-state index in [0.717, 1.165) is 37.2 Å². The van der Waals surface area contributed by atoms with Gasteiger partial charge >= 0.3 is 5.97 Å². The highest BCUT2D eigenvalue weighted by Gasteiger charge is 2.20. The number of hydrogen-bond donors (Lipinski definition) is 2. The molecule has 0 unspecified atom stereocenters. The SMILES string of the molecule is NS(=O)(=O)c1ccc2c(c1)CCN2CCCCC(=O)O. The van der Waals surface area contributed by atoms with Crippen LogP contribution in [0.15, 0.2) is 23.1 Å². The largest absolute Gasteiger partial charge is 0.481 e. The lowest BCUT2D eigenvalue weighted by molar-refractivity contribution is -0.137. The number of carboxylic acids is 1. The second kappa shape index (κ2) is 5.80. The predicted octanol–water partition coefficient (Wildman–Crippen LogP) is 0.951. The Morgan fingerprint density at radius 3 is 2.75 bits per heavy atom. The zero-order valence-electron chi connectivity index (χ0n) is 11.1. The number of anilines is 1. The third-order valence-electron chi connectivity index (χ3n) is 3.44. The summed E-state index contributed by atoms with van der Waals surface area (Å²) in [7, 11) is -3.66. The number of unbranched alkanes of at least 4 members (excludes halogenated alkanes) is 1. The van der Waals surface area contributed by atoms with Gasteiger partial charge < -0.3 is 10.0 Å². The molecule has 2 rings (SSSR count). The molecule has 0 spiro atoms. The molecule has 0 radical (unpaired) electrons. The van der Waals surface area contributed by atoms with Crippen molar-refractivity contribution >= 4 is 21.7 Å². The molecule has 110 valence electrons. The summed E-state index contributed by atoms with van der Waals surface area (Å²) >= 11 is 0. The van der Waals surface area contributed by atoms with Crippen molar-refractivity contribution in [2.45, 2.75) is 30.6 Å². The van der Waals surface area contributed by atoms with E-state index in [4.69, 9.17) is 10.2 Å². The van der Waals surface area contributed by atoms with Gasteiger partial charge in [-0.2, -0.15) is 0 Å². The maximum Gasteiger partial charge on any atom is 0.303 e. The Morgan fingerprint density at radius 1 is 1.35 bits per heavy atom. The minimum atomic E-state index is -3.66. The van der Waals surface area contributed by atoms with E-state index in [0.29, 0.717) is 6.42 Å². The summed E-state index contributed by atoms with van der Waals surface area (Å²) in [4.78, 5) is 12.7. The van der Waals surface area contributed by atoms with E-state index in [1.54, 1.807) is 12.1 Å². The van der Waals surface area contributed by atoms with Crippen LogP contribution in [0.25, 0.3) is 0 Å². The molecule has 1 heterocycles. The van der Waals surface area contributed by atoms with Gasteiger partial charge in [0.2, 0.25) is 10.0 Å². The number of nitrogens with two attached hydrogens (primary N) is 1. The highest BCUT2D eigenvalue weighted by atomic mass is 32.2. The van der Waals surface area contributed by atoms with Crippen LogP contribution >= 0.6 is 0 Å². The van der Waals surface area contributed by atoms with Crippen molar-refractivity contribution in [3.05, 3.63) is 23.8 Å². The van der Waals surface area contributed by atoms with Crippen LogP contribution in [0.3, 0.4) is 0 Å². The fourth-order valence-corrected chi connectivity index (χ4v) is 3.00. The highest BCUT2D eigenvalue weighted by molar-refractivity contribution is 7.89. The monoisotopic (exact) mass is 298 g/mol. The Bertz CT molecular complexity index is 613. The first-order valence-electron chi connectivity index (χ1n) is 6.50. The third kappa shape index (κ3) is 3.49. The Hall–Kier alpha value is -1.60. The second-order valence-electron chi connectivity index (χ2n) is 4.92. The van der Waals surface area contributed by atoms with Gasteiger partial charge in [-0.1, -0.05) is 0 Å². The number of carboxylic acid groups (broad SMARTS) is 1. The highest BCUT2D eigenvalue weighted by Crippen LogP contribution is 2.30. The first kappa shape index (κ1) is 14.8. The normalized spacial score (nSPS) is 14.3. The van der Waals surface area contributed by atoms with E-state index in [2.05, 4.69) is 4.90 Å². The molecular formula is C13H18N2O4S. The molecule has 7 heteroatoms. The Kier molecular flexibility index (Phi) is 4.29. The number of primary sulfonamides is 1. The third-order valence-corrected chi connectivity index (χ3v) is 4.35. The number of sulfonamides is 1. The zero-order valence-corrected chi connectivity index (χ0v) is 11.9. The predicted molar refractivity (Wildman–Crippen MR) is 75.2 cm³/mol. The summed E-state index contributed by atoms with van der Waals surface area (Å²) in [6, 6.07) is 4.92. The van der Waals surface area contributed by atoms with E-state index in [9.17, 15) is 13.2 Å². The summed E-state index contributed by atoms with van der Waals surface area (Å²) in [5.41, 5.74) is 2.00. The van der Waals surface area contributed by atoms with Gasteiger partial charge in [-0.05, 0) is 43.0 Å². The Morgan fingerprint density at radius 2 is 2.10 bits per heavy atom. The Labute approximate surface area is 118 Å². The molecule has 0 saturated carbocycles. The zero-order chi connectivity index (χ0) is 14.8. The lowest BCUT2D eigenvalue weighted by Crippen LogP contribution is -2.21. The van der Waals surface area contributed by atoms with Gasteiger partial charge in [0.05, 0.1) is 4.90 Å². The molecule has 1 aliphatic heterocycles. The number of carbonyl (C=O) groups is 1. The van der Waals surface area contributed by atoms with E-state index in [-0.39, 0.29) is 11.3 Å². The molecule has 0 saturated heterocycles. The number of nitrogens with zero attached hydrogens (tertiary/aromatic N) is 1. The van der Waals surface area contributed by atoms with Gasteiger partial charge in [0.1, 0.15) is 0 Å². The van der Waals surface area contributed by atoms with E-state index < -0.39 is 16.0 Å². The molecule has 1 aliphatic rings. The lowest BCUT2D eigenvalue weighted by Gasteiger charge is -2.19. The lowest BCUT2D eigenvalue weighted by atomic mass is 10.2. The fraction of sp³-hybridized carbons (Fsp3) is 0.462. The van der Waals surface area contributed by atoms with Crippen LogP contribution in [-0.4, -0.2) is 32.6 Å². The van der Waals surface area contributed by atoms with E-state index >= 15 is 0 Å². The molecule has 0 bridgehead atoms. The van der Waals surface area contributed by atoms with Crippen molar-refractivity contribution in [3.63, 3.8) is 0 Å². The van der Waals surface area contributed by atoms with Crippen LogP contribution in [-0.2, 0) is 21.2 Å².